The second kappa shape index (κ2) is 9.67. The summed E-state index contributed by atoms with van der Waals surface area (Å²) in [7, 11) is 5.60. The second-order valence-corrected chi connectivity index (χ2v) is 8.42. The summed E-state index contributed by atoms with van der Waals surface area (Å²) in [5.74, 6) is 0.355. The zero-order valence-corrected chi connectivity index (χ0v) is 19.7. The van der Waals surface area contributed by atoms with Gasteiger partial charge in [0.15, 0.2) is 0 Å². The van der Waals surface area contributed by atoms with E-state index in [1.807, 2.05) is 49.2 Å². The molecule has 2 heterocycles. The third-order valence-electron chi connectivity index (χ3n) is 6.43. The van der Waals surface area contributed by atoms with Gasteiger partial charge < -0.3 is 19.3 Å². The van der Waals surface area contributed by atoms with Crippen LogP contribution >= 0.6 is 0 Å². The van der Waals surface area contributed by atoms with Crippen molar-refractivity contribution in [3.05, 3.63) is 59.8 Å². The Kier molecular flexibility index (Phi) is 6.70. The van der Waals surface area contributed by atoms with Gasteiger partial charge in [-0.1, -0.05) is 30.3 Å². The van der Waals surface area contributed by atoms with Gasteiger partial charge in [0, 0.05) is 18.7 Å². The number of hydrogen-bond acceptors (Lipinski definition) is 6. The predicted molar refractivity (Wildman–Crippen MR) is 128 cm³/mol. The quantitative estimate of drug-likeness (QED) is 0.604. The van der Waals surface area contributed by atoms with E-state index in [4.69, 9.17) is 9.47 Å². The molecule has 4 rings (SSSR count). The van der Waals surface area contributed by atoms with Gasteiger partial charge >= 0.3 is 0 Å². The van der Waals surface area contributed by atoms with Gasteiger partial charge in [-0.2, -0.15) is 0 Å². The van der Waals surface area contributed by atoms with Crippen molar-refractivity contribution in [3.63, 3.8) is 0 Å². The number of imide groups is 1. The van der Waals surface area contributed by atoms with Crippen LogP contribution in [-0.2, 0) is 9.59 Å². The number of carbonyl (C=O) groups is 2. The lowest BCUT2D eigenvalue weighted by molar-refractivity contribution is -0.120. The molecule has 0 bridgehead atoms. The molecule has 0 radical (unpaired) electrons. The third-order valence-corrected chi connectivity index (χ3v) is 6.43. The number of benzene rings is 2. The maximum absolute atomic E-state index is 13.9. The van der Waals surface area contributed by atoms with E-state index in [0.717, 1.165) is 25.9 Å². The summed E-state index contributed by atoms with van der Waals surface area (Å²) in [5.41, 5.74) is 1.84. The Morgan fingerprint density at radius 1 is 0.970 bits per heavy atom. The number of piperidine rings is 1. The summed E-state index contributed by atoms with van der Waals surface area (Å²) < 4.78 is 11.3. The first-order chi connectivity index (χ1) is 16.0. The molecule has 7 nitrogen and oxygen atoms in total. The minimum Gasteiger partial charge on any atom is -0.496 e. The highest BCUT2D eigenvalue weighted by molar-refractivity contribution is 6.46. The molecule has 0 unspecified atom stereocenters. The number of carbonyl (C=O) groups excluding carboxylic acids is 2. The summed E-state index contributed by atoms with van der Waals surface area (Å²) in [6.45, 7) is 4.21. The van der Waals surface area contributed by atoms with Crippen LogP contribution in [0, 0.1) is 0 Å². The van der Waals surface area contributed by atoms with Crippen LogP contribution in [0.25, 0.3) is 5.57 Å². The molecule has 33 heavy (non-hydrogen) atoms. The zero-order chi connectivity index (χ0) is 23.5. The molecule has 174 valence electrons. The molecule has 2 aliphatic heterocycles. The number of rotatable bonds is 7. The number of para-hydroxylation sites is 3. The van der Waals surface area contributed by atoms with E-state index in [2.05, 4.69) is 11.9 Å². The Morgan fingerprint density at radius 3 is 2.27 bits per heavy atom. The van der Waals surface area contributed by atoms with E-state index >= 15 is 0 Å². The topological polar surface area (TPSA) is 62.3 Å². The third kappa shape index (κ3) is 4.20. The van der Waals surface area contributed by atoms with Crippen LogP contribution in [0.4, 0.5) is 5.69 Å². The molecule has 2 amide bonds. The maximum Gasteiger partial charge on any atom is 0.282 e. The van der Waals surface area contributed by atoms with Crippen molar-refractivity contribution < 1.29 is 19.1 Å². The summed E-state index contributed by atoms with van der Waals surface area (Å²) in [6, 6.07) is 14.7. The SMILES string of the molecule is CCOc1ccccc1N1C(=O)C(c2ccccc2OC)=C(N(C)C2CCN(C)CC2)C1=O. The van der Waals surface area contributed by atoms with Crippen molar-refractivity contribution >= 4 is 23.1 Å². The van der Waals surface area contributed by atoms with Crippen molar-refractivity contribution in [2.24, 2.45) is 0 Å². The first kappa shape index (κ1) is 22.9. The van der Waals surface area contributed by atoms with Crippen LogP contribution in [0.5, 0.6) is 11.5 Å². The lowest BCUT2D eigenvalue weighted by Crippen LogP contribution is -2.43. The smallest absolute Gasteiger partial charge is 0.282 e. The number of hydrogen-bond donors (Lipinski definition) is 0. The minimum absolute atomic E-state index is 0.166. The highest BCUT2D eigenvalue weighted by atomic mass is 16.5. The Morgan fingerprint density at radius 2 is 1.61 bits per heavy atom. The van der Waals surface area contributed by atoms with Crippen molar-refractivity contribution in [1.29, 1.82) is 0 Å². The van der Waals surface area contributed by atoms with Gasteiger partial charge in [-0.25, -0.2) is 4.90 Å². The van der Waals surface area contributed by atoms with Gasteiger partial charge in [0.2, 0.25) is 0 Å². The lowest BCUT2D eigenvalue weighted by atomic mass is 9.99. The summed E-state index contributed by atoms with van der Waals surface area (Å²) >= 11 is 0. The fraction of sp³-hybridized carbons (Fsp3) is 0.385. The number of amides is 2. The highest BCUT2D eigenvalue weighted by Gasteiger charge is 2.44. The van der Waals surface area contributed by atoms with E-state index < -0.39 is 0 Å². The molecule has 0 aliphatic carbocycles. The van der Waals surface area contributed by atoms with Crippen LogP contribution in [0.1, 0.15) is 25.3 Å². The summed E-state index contributed by atoms with van der Waals surface area (Å²) in [5, 5.41) is 0. The first-order valence-corrected chi connectivity index (χ1v) is 11.4. The van der Waals surface area contributed by atoms with E-state index in [-0.39, 0.29) is 17.9 Å². The standard InChI is InChI=1S/C26H31N3O4/c1-5-33-22-13-9-7-11-20(22)29-25(30)23(19-10-6-8-12-21(19)32-4)24(26(29)31)28(3)18-14-16-27(2)17-15-18/h6-13,18H,5,14-17H2,1-4H3. The minimum atomic E-state index is -0.369. The van der Waals surface area contributed by atoms with E-state index in [9.17, 15) is 9.59 Å². The summed E-state index contributed by atoms with van der Waals surface area (Å²) in [4.78, 5) is 33.3. The van der Waals surface area contributed by atoms with Gasteiger partial charge in [0.25, 0.3) is 11.8 Å². The zero-order valence-electron chi connectivity index (χ0n) is 19.7. The number of ether oxygens (including phenoxy) is 2. The molecule has 7 heteroatoms. The van der Waals surface area contributed by atoms with Crippen LogP contribution in [-0.4, -0.2) is 68.6 Å². The number of likely N-dealkylation sites (tertiary alicyclic amines) is 1. The van der Waals surface area contributed by atoms with Crippen LogP contribution in [0.3, 0.4) is 0 Å². The van der Waals surface area contributed by atoms with Gasteiger partial charge in [0.1, 0.15) is 17.2 Å². The lowest BCUT2D eigenvalue weighted by Gasteiger charge is -2.36. The molecule has 0 saturated carbocycles. The Bertz CT molecular complexity index is 1070. The number of nitrogens with zero attached hydrogens (tertiary/aromatic N) is 3. The predicted octanol–water partition coefficient (Wildman–Crippen LogP) is 3.40. The molecular weight excluding hydrogens is 418 g/mol. The molecule has 2 aromatic rings. The average Bonchev–Trinajstić information content (AvgIpc) is 3.09. The molecular formula is C26H31N3O4. The molecule has 1 fully saturated rings. The number of methoxy groups -OCH3 is 1. The maximum atomic E-state index is 13.9. The van der Waals surface area contributed by atoms with Crippen LogP contribution in [0.2, 0.25) is 0 Å². The van der Waals surface area contributed by atoms with E-state index in [0.29, 0.717) is 40.6 Å². The van der Waals surface area contributed by atoms with Crippen molar-refractivity contribution in [2.75, 3.05) is 45.8 Å². The number of anilines is 1. The fourth-order valence-corrected chi connectivity index (χ4v) is 4.64. The first-order valence-electron chi connectivity index (χ1n) is 11.4. The van der Waals surface area contributed by atoms with Gasteiger partial charge in [-0.05, 0) is 58.1 Å². The van der Waals surface area contributed by atoms with Gasteiger partial charge in [0.05, 0.1) is 25.0 Å². The fourth-order valence-electron chi connectivity index (χ4n) is 4.64. The number of likely N-dealkylation sites (N-methyl/N-ethyl adjacent to an activating group) is 1. The molecule has 0 spiro atoms. The normalized spacial score (nSPS) is 17.6. The highest BCUT2D eigenvalue weighted by Crippen LogP contribution is 2.41. The molecule has 0 atom stereocenters. The molecule has 0 aromatic heterocycles. The largest absolute Gasteiger partial charge is 0.496 e. The van der Waals surface area contributed by atoms with Crippen LogP contribution < -0.4 is 14.4 Å². The Labute approximate surface area is 195 Å². The van der Waals surface area contributed by atoms with Crippen LogP contribution in [0.15, 0.2) is 54.2 Å². The second-order valence-electron chi connectivity index (χ2n) is 8.42. The monoisotopic (exact) mass is 449 g/mol. The Balaban J connectivity index is 1.84. The van der Waals surface area contributed by atoms with Crippen molar-refractivity contribution in [2.45, 2.75) is 25.8 Å². The molecule has 2 aromatic carbocycles. The molecule has 0 N–H and O–H groups in total. The molecule has 2 aliphatic rings. The van der Waals surface area contributed by atoms with Gasteiger partial charge in [-0.3, -0.25) is 9.59 Å². The van der Waals surface area contributed by atoms with E-state index in [1.165, 1.54) is 4.90 Å². The van der Waals surface area contributed by atoms with Gasteiger partial charge in [-0.15, -0.1) is 0 Å². The van der Waals surface area contributed by atoms with E-state index in [1.54, 1.807) is 25.3 Å². The van der Waals surface area contributed by atoms with Crippen molar-refractivity contribution in [1.82, 2.24) is 9.80 Å². The Hall–Kier alpha value is -3.32. The average molecular weight is 450 g/mol. The van der Waals surface area contributed by atoms with Crippen molar-refractivity contribution in [3.8, 4) is 11.5 Å². The summed E-state index contributed by atoms with van der Waals surface area (Å²) in [6.07, 6.45) is 1.85. The molecule has 1 saturated heterocycles.